The van der Waals surface area contributed by atoms with E-state index in [1.165, 1.54) is 5.56 Å². The van der Waals surface area contributed by atoms with Gasteiger partial charge in [-0.05, 0) is 44.8 Å². The summed E-state index contributed by atoms with van der Waals surface area (Å²) < 4.78 is 1.85. The van der Waals surface area contributed by atoms with Crippen LogP contribution in [0.1, 0.15) is 28.5 Å². The number of hydrogen-bond donors (Lipinski definition) is 0. The summed E-state index contributed by atoms with van der Waals surface area (Å²) in [5.41, 5.74) is 2.84. The van der Waals surface area contributed by atoms with Crippen molar-refractivity contribution in [1.29, 1.82) is 0 Å². The monoisotopic (exact) mass is 283 g/mol. The van der Waals surface area contributed by atoms with E-state index in [-0.39, 0.29) is 5.78 Å². The number of ketones is 1. The van der Waals surface area contributed by atoms with Crippen molar-refractivity contribution in [2.24, 2.45) is 0 Å². The summed E-state index contributed by atoms with van der Waals surface area (Å²) in [6.07, 6.45) is 5.15. The van der Waals surface area contributed by atoms with Crippen LogP contribution in [0.25, 0.3) is 6.08 Å². The third kappa shape index (κ3) is 4.13. The minimum atomic E-state index is 0.00950. The third-order valence-electron chi connectivity index (χ3n) is 3.19. The first-order valence-corrected chi connectivity index (χ1v) is 7.08. The number of carbonyl (C=O) groups excluding carboxylic acids is 1. The van der Waals surface area contributed by atoms with Crippen LogP contribution in [0.2, 0.25) is 0 Å². The number of hydrogen-bond acceptors (Lipinski definition) is 3. The van der Waals surface area contributed by atoms with Crippen LogP contribution in [0.4, 0.5) is 0 Å². The summed E-state index contributed by atoms with van der Waals surface area (Å²) in [5, 5.41) is 4.17. The maximum absolute atomic E-state index is 12.1. The molecule has 1 aromatic heterocycles. The topological polar surface area (TPSA) is 38.1 Å². The smallest absolute Gasteiger partial charge is 0.185 e. The maximum atomic E-state index is 12.1. The maximum Gasteiger partial charge on any atom is 0.185 e. The van der Waals surface area contributed by atoms with Gasteiger partial charge < -0.3 is 4.90 Å². The molecule has 0 spiro atoms. The summed E-state index contributed by atoms with van der Waals surface area (Å²) in [5.74, 6) is 0.00950. The van der Waals surface area contributed by atoms with Crippen LogP contribution >= 0.6 is 0 Å². The number of aromatic nitrogens is 2. The lowest BCUT2D eigenvalue weighted by Crippen LogP contribution is -2.10. The zero-order chi connectivity index (χ0) is 15.2. The molecule has 0 amide bonds. The van der Waals surface area contributed by atoms with Gasteiger partial charge in [-0.1, -0.05) is 24.3 Å². The van der Waals surface area contributed by atoms with Crippen molar-refractivity contribution in [2.75, 3.05) is 14.1 Å². The minimum Gasteiger partial charge on any atom is -0.305 e. The number of rotatable bonds is 6. The predicted molar refractivity (Wildman–Crippen MR) is 85.1 cm³/mol. The molecule has 0 saturated carbocycles. The molecule has 4 heteroatoms. The Morgan fingerprint density at radius 2 is 1.95 bits per heavy atom. The highest BCUT2D eigenvalue weighted by Gasteiger charge is 2.03. The van der Waals surface area contributed by atoms with Crippen molar-refractivity contribution in [3.05, 3.63) is 59.4 Å². The first kappa shape index (κ1) is 15.2. The van der Waals surface area contributed by atoms with E-state index in [1.807, 2.05) is 62.1 Å². The summed E-state index contributed by atoms with van der Waals surface area (Å²) in [4.78, 5) is 14.2. The molecule has 0 fully saturated rings. The van der Waals surface area contributed by atoms with Crippen molar-refractivity contribution >= 4 is 11.9 Å². The average molecular weight is 283 g/mol. The van der Waals surface area contributed by atoms with Crippen molar-refractivity contribution < 1.29 is 4.79 Å². The van der Waals surface area contributed by atoms with E-state index >= 15 is 0 Å². The molecule has 2 aromatic rings. The van der Waals surface area contributed by atoms with E-state index in [0.717, 1.165) is 18.8 Å². The Hall–Kier alpha value is -2.20. The van der Waals surface area contributed by atoms with Crippen LogP contribution in [0.15, 0.2) is 42.6 Å². The van der Waals surface area contributed by atoms with Crippen LogP contribution in [-0.4, -0.2) is 34.6 Å². The van der Waals surface area contributed by atoms with Gasteiger partial charge in [-0.3, -0.25) is 9.48 Å². The lowest BCUT2D eigenvalue weighted by molar-refractivity contribution is 0.104. The predicted octanol–water partition coefficient (Wildman–Crippen LogP) is 2.86. The van der Waals surface area contributed by atoms with Crippen LogP contribution in [-0.2, 0) is 13.1 Å². The van der Waals surface area contributed by atoms with Crippen molar-refractivity contribution in [3.63, 3.8) is 0 Å². The molecule has 0 aliphatic heterocycles. The molecule has 2 rings (SSSR count). The Labute approximate surface area is 125 Å². The molecular formula is C17H21N3O. The molecule has 0 aliphatic carbocycles. The normalized spacial score (nSPS) is 11.4. The summed E-state index contributed by atoms with van der Waals surface area (Å²) in [6, 6.07) is 9.65. The van der Waals surface area contributed by atoms with Crippen molar-refractivity contribution in [3.8, 4) is 0 Å². The van der Waals surface area contributed by atoms with Gasteiger partial charge in [0.2, 0.25) is 0 Å². The van der Waals surface area contributed by atoms with E-state index in [1.54, 1.807) is 12.3 Å². The number of carbonyl (C=O) groups is 1. The van der Waals surface area contributed by atoms with Crippen molar-refractivity contribution in [1.82, 2.24) is 14.7 Å². The van der Waals surface area contributed by atoms with Gasteiger partial charge in [0, 0.05) is 24.8 Å². The first-order chi connectivity index (χ1) is 10.1. The summed E-state index contributed by atoms with van der Waals surface area (Å²) in [6.45, 7) is 3.69. The van der Waals surface area contributed by atoms with Crippen LogP contribution < -0.4 is 0 Å². The Balaban J connectivity index is 2.06. The third-order valence-corrected chi connectivity index (χ3v) is 3.19. The van der Waals surface area contributed by atoms with Gasteiger partial charge in [0.25, 0.3) is 0 Å². The molecule has 21 heavy (non-hydrogen) atoms. The second-order valence-corrected chi connectivity index (χ2v) is 5.20. The number of nitrogens with zero attached hydrogens (tertiary/aromatic N) is 3. The Morgan fingerprint density at radius 3 is 2.57 bits per heavy atom. The lowest BCUT2D eigenvalue weighted by Gasteiger charge is -2.09. The van der Waals surface area contributed by atoms with Gasteiger partial charge in [0.15, 0.2) is 5.78 Å². The molecule has 0 bridgehead atoms. The van der Waals surface area contributed by atoms with Crippen LogP contribution in [0.5, 0.6) is 0 Å². The van der Waals surface area contributed by atoms with Gasteiger partial charge in [-0.2, -0.15) is 5.10 Å². The standard InChI is InChI=1S/C17H21N3O/c1-4-20-16(11-12-18-20)9-10-17(21)15-7-5-14(6-8-15)13-19(2)3/h5-12H,4,13H2,1-3H3/b10-9+. The first-order valence-electron chi connectivity index (χ1n) is 7.08. The molecule has 1 heterocycles. The minimum absolute atomic E-state index is 0.00950. The highest BCUT2D eigenvalue weighted by Crippen LogP contribution is 2.09. The SMILES string of the molecule is CCn1nccc1/C=C/C(=O)c1ccc(CN(C)C)cc1. The second kappa shape index (κ2) is 6.99. The molecule has 0 aliphatic rings. The number of aryl methyl sites for hydroxylation is 1. The van der Waals surface area contributed by atoms with E-state index in [0.29, 0.717) is 5.56 Å². The van der Waals surface area contributed by atoms with Gasteiger partial charge in [-0.15, -0.1) is 0 Å². The lowest BCUT2D eigenvalue weighted by atomic mass is 10.1. The molecule has 0 atom stereocenters. The molecular weight excluding hydrogens is 262 g/mol. The fraction of sp³-hybridized carbons (Fsp3) is 0.294. The molecule has 0 N–H and O–H groups in total. The fourth-order valence-electron chi connectivity index (χ4n) is 2.15. The van der Waals surface area contributed by atoms with Gasteiger partial charge in [0.05, 0.1) is 5.69 Å². The Kier molecular flexibility index (Phi) is 5.06. The van der Waals surface area contributed by atoms with E-state index in [2.05, 4.69) is 10.00 Å². The highest BCUT2D eigenvalue weighted by atomic mass is 16.1. The summed E-state index contributed by atoms with van der Waals surface area (Å²) in [7, 11) is 4.05. The zero-order valence-electron chi connectivity index (χ0n) is 12.8. The van der Waals surface area contributed by atoms with Gasteiger partial charge in [0.1, 0.15) is 0 Å². The van der Waals surface area contributed by atoms with E-state index < -0.39 is 0 Å². The number of allylic oxidation sites excluding steroid dienone is 1. The van der Waals surface area contributed by atoms with Gasteiger partial charge in [-0.25, -0.2) is 0 Å². The molecule has 4 nitrogen and oxygen atoms in total. The Morgan fingerprint density at radius 1 is 1.24 bits per heavy atom. The molecule has 0 unspecified atom stereocenters. The molecule has 0 saturated heterocycles. The van der Waals surface area contributed by atoms with Crippen molar-refractivity contribution in [2.45, 2.75) is 20.0 Å². The van der Waals surface area contributed by atoms with Crippen LogP contribution in [0, 0.1) is 0 Å². The molecule has 0 radical (unpaired) electrons. The van der Waals surface area contributed by atoms with Crippen LogP contribution in [0.3, 0.4) is 0 Å². The zero-order valence-corrected chi connectivity index (χ0v) is 12.8. The largest absolute Gasteiger partial charge is 0.305 e. The quantitative estimate of drug-likeness (QED) is 0.604. The summed E-state index contributed by atoms with van der Waals surface area (Å²) >= 11 is 0. The molecule has 110 valence electrons. The highest BCUT2D eigenvalue weighted by molar-refractivity contribution is 6.06. The average Bonchev–Trinajstić information content (AvgIpc) is 2.92. The second-order valence-electron chi connectivity index (χ2n) is 5.20. The Bertz CT molecular complexity index is 624. The molecule has 1 aromatic carbocycles. The fourth-order valence-corrected chi connectivity index (χ4v) is 2.15. The van der Waals surface area contributed by atoms with E-state index in [4.69, 9.17) is 0 Å². The number of benzene rings is 1. The van der Waals surface area contributed by atoms with Gasteiger partial charge >= 0.3 is 0 Å². The van der Waals surface area contributed by atoms with E-state index in [9.17, 15) is 4.79 Å².